The Hall–Kier alpha value is -0.730. The number of fused-ring (bicyclic) bond motifs is 2. The second kappa shape index (κ2) is 4.20. The smallest absolute Gasteiger partial charge is 0.314 e. The van der Waals surface area contributed by atoms with Gasteiger partial charge in [0.05, 0.1) is 0 Å². The van der Waals surface area contributed by atoms with E-state index in [4.69, 9.17) is 0 Å². The van der Waals surface area contributed by atoms with Crippen molar-refractivity contribution in [2.45, 2.75) is 32.6 Å². The van der Waals surface area contributed by atoms with E-state index in [1.807, 2.05) is 6.92 Å². The van der Waals surface area contributed by atoms with Crippen LogP contribution in [-0.4, -0.2) is 19.1 Å². The van der Waals surface area contributed by atoms with Gasteiger partial charge in [-0.2, -0.15) is 0 Å². The number of amides is 2. The first-order valence-corrected chi connectivity index (χ1v) is 5.81. The van der Waals surface area contributed by atoms with Crippen LogP contribution in [-0.2, 0) is 0 Å². The van der Waals surface area contributed by atoms with Crippen molar-refractivity contribution in [3.8, 4) is 0 Å². The second-order valence-electron chi connectivity index (χ2n) is 4.68. The summed E-state index contributed by atoms with van der Waals surface area (Å²) in [4.78, 5) is 11.2. The van der Waals surface area contributed by atoms with E-state index in [-0.39, 0.29) is 6.03 Å². The number of hydrogen-bond donors (Lipinski definition) is 2. The van der Waals surface area contributed by atoms with Crippen molar-refractivity contribution in [3.63, 3.8) is 0 Å². The molecule has 0 saturated heterocycles. The van der Waals surface area contributed by atoms with Crippen molar-refractivity contribution in [3.05, 3.63) is 0 Å². The maximum absolute atomic E-state index is 11.2. The van der Waals surface area contributed by atoms with Crippen LogP contribution in [0.2, 0.25) is 0 Å². The normalized spacial score (nSPS) is 34.5. The van der Waals surface area contributed by atoms with Crippen LogP contribution in [0.15, 0.2) is 0 Å². The zero-order valence-corrected chi connectivity index (χ0v) is 8.88. The highest BCUT2D eigenvalue weighted by atomic mass is 16.2. The molecule has 2 aliphatic carbocycles. The average Bonchev–Trinajstić information content (AvgIpc) is 2.76. The number of carbonyl (C=O) groups excluding carboxylic acids is 1. The fourth-order valence-electron chi connectivity index (χ4n) is 3.07. The molecule has 2 bridgehead atoms. The highest BCUT2D eigenvalue weighted by molar-refractivity contribution is 5.73. The van der Waals surface area contributed by atoms with Crippen LogP contribution in [0.1, 0.15) is 32.6 Å². The van der Waals surface area contributed by atoms with Crippen LogP contribution < -0.4 is 10.6 Å². The zero-order chi connectivity index (χ0) is 9.97. The minimum absolute atomic E-state index is 0.00438. The summed E-state index contributed by atoms with van der Waals surface area (Å²) in [5.74, 6) is 2.64. The minimum atomic E-state index is -0.00438. The minimum Gasteiger partial charge on any atom is -0.338 e. The highest BCUT2D eigenvalue weighted by Gasteiger charge is 2.39. The molecule has 2 fully saturated rings. The number of nitrogens with one attached hydrogen (secondary N) is 2. The monoisotopic (exact) mass is 196 g/mol. The molecule has 0 spiro atoms. The zero-order valence-electron chi connectivity index (χ0n) is 8.88. The maximum atomic E-state index is 11.2. The van der Waals surface area contributed by atoms with E-state index >= 15 is 0 Å². The lowest BCUT2D eigenvalue weighted by Crippen LogP contribution is -2.39. The number of rotatable bonds is 3. The van der Waals surface area contributed by atoms with Crippen LogP contribution in [0, 0.1) is 17.8 Å². The molecule has 3 atom stereocenters. The van der Waals surface area contributed by atoms with Crippen molar-refractivity contribution in [2.24, 2.45) is 17.8 Å². The Labute approximate surface area is 85.6 Å². The molecule has 2 amide bonds. The molecule has 0 aromatic heterocycles. The molecule has 80 valence electrons. The van der Waals surface area contributed by atoms with Crippen LogP contribution in [0.4, 0.5) is 4.79 Å². The van der Waals surface area contributed by atoms with Gasteiger partial charge in [0.15, 0.2) is 0 Å². The number of urea groups is 1. The lowest BCUT2D eigenvalue weighted by Gasteiger charge is -2.21. The predicted octanol–water partition coefficient (Wildman–Crippen LogP) is 1.74. The first-order valence-electron chi connectivity index (χ1n) is 5.81. The van der Waals surface area contributed by atoms with Gasteiger partial charge >= 0.3 is 6.03 Å². The predicted molar refractivity (Wildman–Crippen MR) is 56.0 cm³/mol. The molecule has 0 heterocycles. The van der Waals surface area contributed by atoms with Crippen LogP contribution >= 0.6 is 0 Å². The third-order valence-electron chi connectivity index (χ3n) is 3.75. The molecule has 0 aliphatic heterocycles. The summed E-state index contributed by atoms with van der Waals surface area (Å²) in [6, 6.07) is -0.00438. The van der Waals surface area contributed by atoms with Crippen molar-refractivity contribution in [2.75, 3.05) is 13.1 Å². The molecule has 2 N–H and O–H groups in total. The lowest BCUT2D eigenvalue weighted by atomic mass is 9.89. The molecule has 0 unspecified atom stereocenters. The largest absolute Gasteiger partial charge is 0.338 e. The van der Waals surface area contributed by atoms with Crippen molar-refractivity contribution < 1.29 is 4.79 Å². The second-order valence-corrected chi connectivity index (χ2v) is 4.68. The Balaban J connectivity index is 1.69. The quantitative estimate of drug-likeness (QED) is 0.709. The van der Waals surface area contributed by atoms with E-state index in [1.165, 1.54) is 25.7 Å². The average molecular weight is 196 g/mol. The van der Waals surface area contributed by atoms with Crippen LogP contribution in [0.3, 0.4) is 0 Å². The Morgan fingerprint density at radius 1 is 1.29 bits per heavy atom. The Bertz CT molecular complexity index is 217. The first-order chi connectivity index (χ1) is 6.79. The highest BCUT2D eigenvalue weighted by Crippen LogP contribution is 2.47. The lowest BCUT2D eigenvalue weighted by molar-refractivity contribution is 0.235. The third-order valence-corrected chi connectivity index (χ3v) is 3.75. The van der Waals surface area contributed by atoms with E-state index < -0.39 is 0 Å². The standard InChI is InChI=1S/C11H20N2O/c1-2-12-11(14)13-7-10-6-8-3-4-9(10)5-8/h8-10H,2-7H2,1H3,(H2,12,13,14)/t8-,9-,10+/m1/s1. The molecule has 14 heavy (non-hydrogen) atoms. The molecular formula is C11H20N2O. The molecular weight excluding hydrogens is 176 g/mol. The van der Waals surface area contributed by atoms with Gasteiger partial charge in [-0.25, -0.2) is 4.79 Å². The summed E-state index contributed by atoms with van der Waals surface area (Å²) < 4.78 is 0. The summed E-state index contributed by atoms with van der Waals surface area (Å²) in [6.45, 7) is 3.53. The molecule has 2 rings (SSSR count). The molecule has 3 heteroatoms. The molecule has 2 saturated carbocycles. The number of carbonyl (C=O) groups is 1. The summed E-state index contributed by atoms with van der Waals surface area (Å²) >= 11 is 0. The van der Waals surface area contributed by atoms with Gasteiger partial charge in [0, 0.05) is 13.1 Å². The first kappa shape index (κ1) is 9.81. The fourth-order valence-corrected chi connectivity index (χ4v) is 3.07. The molecule has 0 aromatic carbocycles. The van der Waals surface area contributed by atoms with Gasteiger partial charge in [0.25, 0.3) is 0 Å². The van der Waals surface area contributed by atoms with Gasteiger partial charge in [-0.1, -0.05) is 6.42 Å². The van der Waals surface area contributed by atoms with Gasteiger partial charge in [-0.15, -0.1) is 0 Å². The van der Waals surface area contributed by atoms with Gasteiger partial charge in [-0.05, 0) is 43.9 Å². The summed E-state index contributed by atoms with van der Waals surface area (Å²) in [5.41, 5.74) is 0. The number of hydrogen-bond acceptors (Lipinski definition) is 1. The van der Waals surface area contributed by atoms with Gasteiger partial charge < -0.3 is 10.6 Å². The fraction of sp³-hybridized carbons (Fsp3) is 0.909. The van der Waals surface area contributed by atoms with E-state index in [9.17, 15) is 4.79 Å². The van der Waals surface area contributed by atoms with E-state index in [1.54, 1.807) is 0 Å². The van der Waals surface area contributed by atoms with Crippen molar-refractivity contribution >= 4 is 6.03 Å². The van der Waals surface area contributed by atoms with Gasteiger partial charge in [0.2, 0.25) is 0 Å². The third kappa shape index (κ3) is 2.02. The molecule has 3 nitrogen and oxygen atoms in total. The van der Waals surface area contributed by atoms with Crippen LogP contribution in [0.5, 0.6) is 0 Å². The summed E-state index contributed by atoms with van der Waals surface area (Å²) in [7, 11) is 0. The summed E-state index contributed by atoms with van der Waals surface area (Å²) in [5, 5.41) is 5.72. The van der Waals surface area contributed by atoms with Crippen molar-refractivity contribution in [1.82, 2.24) is 10.6 Å². The Kier molecular flexibility index (Phi) is 2.94. The SMILES string of the molecule is CCNC(=O)NC[C@@H]1C[C@@H]2CC[C@@H]1C2. The molecule has 0 radical (unpaired) electrons. The van der Waals surface area contributed by atoms with E-state index in [0.717, 1.165) is 24.3 Å². The Morgan fingerprint density at radius 3 is 2.71 bits per heavy atom. The molecule has 2 aliphatic rings. The van der Waals surface area contributed by atoms with Crippen LogP contribution in [0.25, 0.3) is 0 Å². The van der Waals surface area contributed by atoms with Gasteiger partial charge in [-0.3, -0.25) is 0 Å². The Morgan fingerprint density at radius 2 is 2.14 bits per heavy atom. The molecule has 0 aromatic rings. The van der Waals surface area contributed by atoms with Gasteiger partial charge in [0.1, 0.15) is 0 Å². The topological polar surface area (TPSA) is 41.1 Å². The van der Waals surface area contributed by atoms with E-state index in [0.29, 0.717) is 6.54 Å². The van der Waals surface area contributed by atoms with E-state index in [2.05, 4.69) is 10.6 Å². The van der Waals surface area contributed by atoms with Crippen molar-refractivity contribution in [1.29, 1.82) is 0 Å². The summed E-state index contributed by atoms with van der Waals surface area (Å²) in [6.07, 6.45) is 5.59. The maximum Gasteiger partial charge on any atom is 0.314 e.